The molecule has 0 fully saturated rings. The lowest BCUT2D eigenvalue weighted by Gasteiger charge is -2.24. The molecule has 2 aromatic carbocycles. The SMILES string of the molecule is CCCCCN(Cc1cccn1Cc1cccc(OC)c1)C(=O)Cc1ccc(OC)cc1. The van der Waals surface area contributed by atoms with Crippen molar-refractivity contribution >= 4 is 5.91 Å². The Bertz CT molecular complexity index is 979. The fraction of sp³-hybridized carbons (Fsp3) is 0.370. The van der Waals surface area contributed by atoms with Crippen LogP contribution in [0.5, 0.6) is 11.5 Å². The van der Waals surface area contributed by atoms with Crippen molar-refractivity contribution < 1.29 is 14.3 Å². The van der Waals surface area contributed by atoms with Crippen molar-refractivity contribution in [3.63, 3.8) is 0 Å². The molecule has 1 aromatic heterocycles. The summed E-state index contributed by atoms with van der Waals surface area (Å²) < 4.78 is 12.8. The van der Waals surface area contributed by atoms with E-state index >= 15 is 0 Å². The second-order valence-corrected chi connectivity index (χ2v) is 8.03. The van der Waals surface area contributed by atoms with Gasteiger partial charge in [0.05, 0.1) is 27.2 Å². The molecule has 0 radical (unpaired) electrons. The number of benzene rings is 2. The first kappa shape index (κ1) is 23.5. The molecule has 32 heavy (non-hydrogen) atoms. The Balaban J connectivity index is 1.72. The Morgan fingerprint density at radius 2 is 1.69 bits per heavy atom. The number of carbonyl (C=O) groups is 1. The van der Waals surface area contributed by atoms with Gasteiger partial charge in [-0.3, -0.25) is 4.79 Å². The summed E-state index contributed by atoms with van der Waals surface area (Å²) in [7, 11) is 3.33. The predicted octanol–water partition coefficient (Wildman–Crippen LogP) is 5.32. The largest absolute Gasteiger partial charge is 0.497 e. The summed E-state index contributed by atoms with van der Waals surface area (Å²) in [5, 5.41) is 0. The van der Waals surface area contributed by atoms with Crippen LogP contribution < -0.4 is 9.47 Å². The molecule has 5 heteroatoms. The summed E-state index contributed by atoms with van der Waals surface area (Å²) in [5.41, 5.74) is 3.30. The molecule has 0 aliphatic rings. The molecule has 0 N–H and O–H groups in total. The quantitative estimate of drug-likeness (QED) is 0.363. The van der Waals surface area contributed by atoms with Gasteiger partial charge in [-0.05, 0) is 53.9 Å². The van der Waals surface area contributed by atoms with E-state index in [0.29, 0.717) is 13.0 Å². The Morgan fingerprint density at radius 3 is 2.41 bits per heavy atom. The van der Waals surface area contributed by atoms with E-state index < -0.39 is 0 Å². The molecule has 0 spiro atoms. The number of hydrogen-bond acceptors (Lipinski definition) is 3. The molecule has 1 heterocycles. The lowest BCUT2D eigenvalue weighted by molar-refractivity contribution is -0.131. The zero-order chi connectivity index (χ0) is 22.8. The summed E-state index contributed by atoms with van der Waals surface area (Å²) in [6.07, 6.45) is 5.74. The number of carbonyl (C=O) groups excluding carboxylic acids is 1. The maximum absolute atomic E-state index is 13.2. The first-order valence-electron chi connectivity index (χ1n) is 11.3. The second-order valence-electron chi connectivity index (χ2n) is 8.03. The van der Waals surface area contributed by atoms with Crippen molar-refractivity contribution in [2.45, 2.75) is 45.7 Å². The van der Waals surface area contributed by atoms with Crippen LogP contribution in [0.25, 0.3) is 0 Å². The number of unbranched alkanes of at least 4 members (excludes halogenated alkanes) is 2. The first-order valence-corrected chi connectivity index (χ1v) is 11.3. The van der Waals surface area contributed by atoms with E-state index in [4.69, 9.17) is 9.47 Å². The highest BCUT2D eigenvalue weighted by atomic mass is 16.5. The fourth-order valence-electron chi connectivity index (χ4n) is 3.78. The van der Waals surface area contributed by atoms with Crippen molar-refractivity contribution in [2.24, 2.45) is 0 Å². The molecule has 170 valence electrons. The molecule has 3 rings (SSSR count). The number of methoxy groups -OCH3 is 2. The highest BCUT2D eigenvalue weighted by Crippen LogP contribution is 2.17. The molecular weight excluding hydrogens is 400 g/mol. The molecule has 0 aliphatic carbocycles. The van der Waals surface area contributed by atoms with Gasteiger partial charge in [0.2, 0.25) is 5.91 Å². The molecule has 0 saturated heterocycles. The molecule has 5 nitrogen and oxygen atoms in total. The van der Waals surface area contributed by atoms with Crippen LogP contribution >= 0.6 is 0 Å². The lowest BCUT2D eigenvalue weighted by atomic mass is 10.1. The topological polar surface area (TPSA) is 43.7 Å². The zero-order valence-electron chi connectivity index (χ0n) is 19.4. The molecule has 0 bridgehead atoms. The van der Waals surface area contributed by atoms with Gasteiger partial charge in [0, 0.05) is 25.0 Å². The van der Waals surface area contributed by atoms with E-state index in [-0.39, 0.29) is 5.91 Å². The van der Waals surface area contributed by atoms with Gasteiger partial charge in [0.1, 0.15) is 11.5 Å². The molecular formula is C27H34N2O3. The van der Waals surface area contributed by atoms with E-state index in [1.54, 1.807) is 14.2 Å². The van der Waals surface area contributed by atoms with E-state index in [2.05, 4.69) is 35.9 Å². The minimum atomic E-state index is 0.153. The zero-order valence-corrected chi connectivity index (χ0v) is 19.4. The van der Waals surface area contributed by atoms with Gasteiger partial charge in [0.25, 0.3) is 0 Å². The first-order chi connectivity index (χ1) is 15.6. The van der Waals surface area contributed by atoms with Gasteiger partial charge in [-0.25, -0.2) is 0 Å². The number of ether oxygens (including phenoxy) is 2. The van der Waals surface area contributed by atoms with E-state index in [9.17, 15) is 4.79 Å². The fourth-order valence-corrected chi connectivity index (χ4v) is 3.78. The van der Waals surface area contributed by atoms with Crippen LogP contribution in [0.3, 0.4) is 0 Å². The van der Waals surface area contributed by atoms with Crippen molar-refractivity contribution in [3.05, 3.63) is 83.7 Å². The van der Waals surface area contributed by atoms with Crippen LogP contribution in [0.1, 0.15) is 43.0 Å². The highest BCUT2D eigenvalue weighted by Gasteiger charge is 2.16. The average molecular weight is 435 g/mol. The summed E-state index contributed by atoms with van der Waals surface area (Å²) in [6.45, 7) is 4.31. The van der Waals surface area contributed by atoms with Crippen LogP contribution in [-0.2, 0) is 24.3 Å². The van der Waals surface area contributed by atoms with Gasteiger partial charge in [0.15, 0.2) is 0 Å². The summed E-state index contributed by atoms with van der Waals surface area (Å²) in [4.78, 5) is 15.2. The molecule has 0 atom stereocenters. The third-order valence-electron chi connectivity index (χ3n) is 5.66. The summed E-state index contributed by atoms with van der Waals surface area (Å²) in [6, 6.07) is 20.0. The Labute approximate surface area is 191 Å². The third kappa shape index (κ3) is 6.64. The van der Waals surface area contributed by atoms with Crippen LogP contribution in [0, 0.1) is 0 Å². The maximum atomic E-state index is 13.2. The molecule has 0 aliphatic heterocycles. The average Bonchev–Trinajstić information content (AvgIpc) is 3.25. The van der Waals surface area contributed by atoms with Gasteiger partial charge >= 0.3 is 0 Å². The van der Waals surface area contributed by atoms with Crippen molar-refractivity contribution in [1.29, 1.82) is 0 Å². The predicted molar refractivity (Wildman–Crippen MR) is 128 cm³/mol. The third-order valence-corrected chi connectivity index (χ3v) is 5.66. The summed E-state index contributed by atoms with van der Waals surface area (Å²) in [5.74, 6) is 1.81. The Hall–Kier alpha value is -3.21. The van der Waals surface area contributed by atoms with Crippen molar-refractivity contribution in [1.82, 2.24) is 9.47 Å². The van der Waals surface area contributed by atoms with Crippen molar-refractivity contribution in [3.8, 4) is 11.5 Å². The standard InChI is InChI=1S/C27H34N2O3/c1-4-5-6-16-29(27(30)19-22-12-14-25(31-2)15-13-22)21-24-10-8-17-28(24)20-23-9-7-11-26(18-23)32-3/h7-15,17-18H,4-6,16,19-21H2,1-3H3. The number of aromatic nitrogens is 1. The van der Waals surface area contributed by atoms with Gasteiger partial charge < -0.3 is 18.9 Å². The minimum absolute atomic E-state index is 0.153. The molecule has 1 amide bonds. The maximum Gasteiger partial charge on any atom is 0.227 e. The van der Waals surface area contributed by atoms with Crippen molar-refractivity contribution in [2.75, 3.05) is 20.8 Å². The molecule has 0 saturated carbocycles. The van der Waals surface area contributed by atoms with Crippen LogP contribution in [0.2, 0.25) is 0 Å². The smallest absolute Gasteiger partial charge is 0.227 e. The highest BCUT2D eigenvalue weighted by molar-refractivity contribution is 5.78. The van der Waals surface area contributed by atoms with E-state index in [1.807, 2.05) is 47.4 Å². The number of amides is 1. The molecule has 3 aromatic rings. The molecule has 0 unspecified atom stereocenters. The lowest BCUT2D eigenvalue weighted by Crippen LogP contribution is -2.33. The van der Waals surface area contributed by atoms with E-state index in [0.717, 1.165) is 55.1 Å². The minimum Gasteiger partial charge on any atom is -0.497 e. The number of hydrogen-bond donors (Lipinski definition) is 0. The van der Waals surface area contributed by atoms with Gasteiger partial charge in [-0.15, -0.1) is 0 Å². The monoisotopic (exact) mass is 434 g/mol. The second kappa shape index (κ2) is 12.0. The van der Waals surface area contributed by atoms with E-state index in [1.165, 1.54) is 5.56 Å². The van der Waals surface area contributed by atoms with Gasteiger partial charge in [-0.2, -0.15) is 0 Å². The number of rotatable bonds is 12. The van der Waals surface area contributed by atoms with Crippen LogP contribution in [-0.4, -0.2) is 36.1 Å². The summed E-state index contributed by atoms with van der Waals surface area (Å²) >= 11 is 0. The van der Waals surface area contributed by atoms with Gasteiger partial charge in [-0.1, -0.05) is 44.0 Å². The van der Waals surface area contributed by atoms with Crippen LogP contribution in [0.4, 0.5) is 0 Å². The number of nitrogens with zero attached hydrogens (tertiary/aromatic N) is 2. The Kier molecular flexibility index (Phi) is 8.79. The van der Waals surface area contributed by atoms with Crippen LogP contribution in [0.15, 0.2) is 66.9 Å². The normalized spacial score (nSPS) is 10.7. The Morgan fingerprint density at radius 1 is 0.906 bits per heavy atom.